The van der Waals surface area contributed by atoms with Crippen LogP contribution in [0.3, 0.4) is 0 Å². The number of hydrogen-bond donors (Lipinski definition) is 2. The van der Waals surface area contributed by atoms with E-state index in [0.717, 1.165) is 15.0 Å². The van der Waals surface area contributed by atoms with Gasteiger partial charge in [-0.3, -0.25) is 9.59 Å². The maximum absolute atomic E-state index is 12.0. The molecule has 8 heteroatoms. The third kappa shape index (κ3) is 5.97. The van der Waals surface area contributed by atoms with Crippen LogP contribution in [0.25, 0.3) is 0 Å². The van der Waals surface area contributed by atoms with Crippen LogP contribution in [0.4, 0.5) is 5.13 Å². The van der Waals surface area contributed by atoms with Crippen molar-refractivity contribution in [2.45, 2.75) is 12.8 Å². The van der Waals surface area contributed by atoms with Crippen LogP contribution >= 0.6 is 27.3 Å². The Labute approximate surface area is 169 Å². The third-order valence-corrected chi connectivity index (χ3v) is 5.02. The number of rotatable bonds is 7. The zero-order chi connectivity index (χ0) is 19.1. The molecule has 27 heavy (non-hydrogen) atoms. The van der Waals surface area contributed by atoms with Crippen LogP contribution in [0.1, 0.15) is 27.3 Å². The number of aromatic nitrogens is 2. The van der Waals surface area contributed by atoms with Gasteiger partial charge in [-0.15, -0.1) is 10.2 Å². The van der Waals surface area contributed by atoms with Crippen LogP contribution in [0.5, 0.6) is 0 Å². The molecule has 3 rings (SSSR count). The van der Waals surface area contributed by atoms with Crippen molar-refractivity contribution in [3.05, 3.63) is 75.2 Å². The molecule has 2 N–H and O–H groups in total. The third-order valence-electron chi connectivity index (χ3n) is 3.66. The van der Waals surface area contributed by atoms with Crippen molar-refractivity contribution < 1.29 is 9.59 Å². The minimum Gasteiger partial charge on any atom is -0.352 e. The SMILES string of the molecule is O=C(CCNC(=O)c1ccc(Br)cc1)Nc1nnc(Cc2ccccc2)s1. The van der Waals surface area contributed by atoms with Crippen molar-refractivity contribution >= 4 is 44.2 Å². The fourth-order valence-electron chi connectivity index (χ4n) is 2.32. The number of halogens is 1. The standard InChI is InChI=1S/C19H17BrN4O2S/c20-15-8-6-14(7-9-15)18(26)21-11-10-16(25)22-19-24-23-17(27-19)12-13-4-2-1-3-5-13/h1-9H,10-12H2,(H,21,26)(H,22,24,25). The van der Waals surface area contributed by atoms with Crippen LogP contribution in [0.2, 0.25) is 0 Å². The lowest BCUT2D eigenvalue weighted by Gasteiger charge is -2.05. The summed E-state index contributed by atoms with van der Waals surface area (Å²) in [6.45, 7) is 0.246. The number of amides is 2. The van der Waals surface area contributed by atoms with Gasteiger partial charge in [0.2, 0.25) is 11.0 Å². The molecule has 0 radical (unpaired) electrons. The van der Waals surface area contributed by atoms with Crippen LogP contribution in [-0.4, -0.2) is 28.6 Å². The van der Waals surface area contributed by atoms with Crippen molar-refractivity contribution in [2.24, 2.45) is 0 Å². The van der Waals surface area contributed by atoms with Gasteiger partial charge in [0.15, 0.2) is 0 Å². The Morgan fingerprint density at radius 2 is 1.74 bits per heavy atom. The number of carbonyl (C=O) groups excluding carboxylic acids is 2. The first-order chi connectivity index (χ1) is 13.1. The Bertz CT molecular complexity index is 913. The first kappa shape index (κ1) is 19.2. The Morgan fingerprint density at radius 3 is 2.48 bits per heavy atom. The number of anilines is 1. The summed E-state index contributed by atoms with van der Waals surface area (Å²) < 4.78 is 0.905. The van der Waals surface area contributed by atoms with E-state index < -0.39 is 0 Å². The van der Waals surface area contributed by atoms with Crippen LogP contribution < -0.4 is 10.6 Å². The van der Waals surface area contributed by atoms with Gasteiger partial charge >= 0.3 is 0 Å². The van der Waals surface area contributed by atoms with Crippen molar-refractivity contribution in [1.82, 2.24) is 15.5 Å². The van der Waals surface area contributed by atoms with Gasteiger partial charge in [0.25, 0.3) is 5.91 Å². The molecule has 0 spiro atoms. The zero-order valence-corrected chi connectivity index (χ0v) is 16.7. The number of benzene rings is 2. The quantitative estimate of drug-likeness (QED) is 0.582. The van der Waals surface area contributed by atoms with E-state index in [1.807, 2.05) is 30.3 Å². The largest absolute Gasteiger partial charge is 0.352 e. The molecule has 0 atom stereocenters. The molecule has 0 aliphatic heterocycles. The van der Waals surface area contributed by atoms with E-state index in [9.17, 15) is 9.59 Å². The fraction of sp³-hybridized carbons (Fsp3) is 0.158. The second kappa shape index (κ2) is 9.38. The Kier molecular flexibility index (Phi) is 6.67. The second-order valence-corrected chi connectivity index (χ2v) is 7.70. The topological polar surface area (TPSA) is 84.0 Å². The van der Waals surface area contributed by atoms with Crippen LogP contribution in [0.15, 0.2) is 59.1 Å². The van der Waals surface area contributed by atoms with E-state index in [2.05, 4.69) is 36.8 Å². The molecule has 138 valence electrons. The first-order valence-corrected chi connectivity index (χ1v) is 9.91. The molecule has 6 nitrogen and oxygen atoms in total. The average molecular weight is 445 g/mol. The van der Waals surface area contributed by atoms with Gasteiger partial charge in [0.1, 0.15) is 5.01 Å². The van der Waals surface area contributed by atoms with Crippen molar-refractivity contribution in [3.63, 3.8) is 0 Å². The number of carbonyl (C=O) groups is 2. The average Bonchev–Trinajstić information content (AvgIpc) is 3.09. The minimum atomic E-state index is -0.214. The highest BCUT2D eigenvalue weighted by atomic mass is 79.9. The highest BCUT2D eigenvalue weighted by molar-refractivity contribution is 9.10. The Hall–Kier alpha value is -2.58. The van der Waals surface area contributed by atoms with Gasteiger partial charge in [0, 0.05) is 29.4 Å². The highest BCUT2D eigenvalue weighted by Gasteiger charge is 2.10. The maximum Gasteiger partial charge on any atom is 0.251 e. The molecule has 0 bridgehead atoms. The predicted octanol–water partition coefficient (Wildman–Crippen LogP) is 3.65. The lowest BCUT2D eigenvalue weighted by atomic mass is 10.2. The van der Waals surface area contributed by atoms with Gasteiger partial charge in [-0.05, 0) is 29.8 Å². The van der Waals surface area contributed by atoms with E-state index in [-0.39, 0.29) is 24.8 Å². The number of hydrogen-bond acceptors (Lipinski definition) is 5. The summed E-state index contributed by atoms with van der Waals surface area (Å²) in [4.78, 5) is 24.0. The molecule has 0 aliphatic rings. The molecule has 0 saturated heterocycles. The summed E-state index contributed by atoms with van der Waals surface area (Å²) in [6, 6.07) is 17.0. The minimum absolute atomic E-state index is 0.163. The smallest absolute Gasteiger partial charge is 0.251 e. The summed E-state index contributed by atoms with van der Waals surface area (Å²) in [5, 5.41) is 14.8. The van der Waals surface area contributed by atoms with Crippen molar-refractivity contribution in [1.29, 1.82) is 0 Å². The van der Waals surface area contributed by atoms with E-state index in [0.29, 0.717) is 17.1 Å². The number of nitrogens with one attached hydrogen (secondary N) is 2. The molecule has 0 saturated carbocycles. The lowest BCUT2D eigenvalue weighted by Crippen LogP contribution is -2.27. The molecule has 1 aromatic heterocycles. The predicted molar refractivity (Wildman–Crippen MR) is 109 cm³/mol. The molecule has 0 unspecified atom stereocenters. The molecular weight excluding hydrogens is 428 g/mol. The normalized spacial score (nSPS) is 10.4. The van der Waals surface area contributed by atoms with Crippen LogP contribution in [0, 0.1) is 0 Å². The summed E-state index contributed by atoms with van der Waals surface area (Å²) >= 11 is 4.67. The fourth-order valence-corrected chi connectivity index (χ4v) is 3.38. The van der Waals surface area contributed by atoms with Crippen molar-refractivity contribution in [3.8, 4) is 0 Å². The van der Waals surface area contributed by atoms with E-state index in [1.165, 1.54) is 11.3 Å². The lowest BCUT2D eigenvalue weighted by molar-refractivity contribution is -0.116. The van der Waals surface area contributed by atoms with E-state index in [1.54, 1.807) is 24.3 Å². The van der Waals surface area contributed by atoms with Gasteiger partial charge in [0.05, 0.1) is 0 Å². The van der Waals surface area contributed by atoms with Gasteiger partial charge in [-0.2, -0.15) is 0 Å². The van der Waals surface area contributed by atoms with Crippen molar-refractivity contribution in [2.75, 3.05) is 11.9 Å². The van der Waals surface area contributed by atoms with E-state index in [4.69, 9.17) is 0 Å². The van der Waals surface area contributed by atoms with Crippen LogP contribution in [-0.2, 0) is 11.2 Å². The number of nitrogens with zero attached hydrogens (tertiary/aromatic N) is 2. The molecule has 2 amide bonds. The van der Waals surface area contributed by atoms with Gasteiger partial charge in [-0.1, -0.05) is 57.6 Å². The molecule has 1 heterocycles. The van der Waals surface area contributed by atoms with Gasteiger partial charge in [-0.25, -0.2) is 0 Å². The first-order valence-electron chi connectivity index (χ1n) is 8.30. The summed E-state index contributed by atoms with van der Waals surface area (Å²) in [5.41, 5.74) is 1.69. The maximum atomic E-state index is 12.0. The molecule has 3 aromatic rings. The molecule has 0 aliphatic carbocycles. The molecule has 0 fully saturated rings. The Balaban J connectivity index is 1.43. The summed E-state index contributed by atoms with van der Waals surface area (Å²) in [6.07, 6.45) is 0.841. The second-order valence-electron chi connectivity index (χ2n) is 5.72. The summed E-state index contributed by atoms with van der Waals surface area (Å²) in [7, 11) is 0. The zero-order valence-electron chi connectivity index (χ0n) is 14.3. The van der Waals surface area contributed by atoms with E-state index >= 15 is 0 Å². The molecule has 2 aromatic carbocycles. The van der Waals surface area contributed by atoms with Gasteiger partial charge < -0.3 is 10.6 Å². The summed E-state index contributed by atoms with van der Waals surface area (Å²) in [5.74, 6) is -0.426. The highest BCUT2D eigenvalue weighted by Crippen LogP contribution is 2.18. The Morgan fingerprint density at radius 1 is 1.00 bits per heavy atom. The molecular formula is C19H17BrN4O2S. The monoisotopic (exact) mass is 444 g/mol.